The standard InChI is InChI=1S/C22H22N4O3/c1-16-13-19(26(23-16)17-5-3-2-4-6-17)22(27)25-11-9-24(10-12-25)18-7-8-20-21(14-18)29-15-28-20/h2-8,13-14H,9-12,15H2,1H3. The number of carbonyl (C=O) groups excluding carboxylic acids is 1. The van der Waals surface area contributed by atoms with Crippen molar-refractivity contribution in [2.45, 2.75) is 6.92 Å². The lowest BCUT2D eigenvalue weighted by Gasteiger charge is -2.36. The molecule has 2 aromatic carbocycles. The molecule has 1 saturated heterocycles. The number of anilines is 1. The first-order chi connectivity index (χ1) is 14.2. The third kappa shape index (κ3) is 3.29. The van der Waals surface area contributed by atoms with Crippen LogP contribution in [0.15, 0.2) is 54.6 Å². The van der Waals surface area contributed by atoms with E-state index in [1.54, 1.807) is 4.68 Å². The van der Waals surface area contributed by atoms with E-state index in [0.717, 1.165) is 41.7 Å². The van der Waals surface area contributed by atoms with Crippen molar-refractivity contribution in [3.05, 3.63) is 66.0 Å². The summed E-state index contributed by atoms with van der Waals surface area (Å²) in [5.74, 6) is 1.58. The number of ether oxygens (including phenoxy) is 2. The number of piperazine rings is 1. The number of benzene rings is 2. The molecule has 1 fully saturated rings. The van der Waals surface area contributed by atoms with Gasteiger partial charge in [0.2, 0.25) is 6.79 Å². The molecule has 7 nitrogen and oxygen atoms in total. The van der Waals surface area contributed by atoms with Crippen molar-refractivity contribution >= 4 is 11.6 Å². The van der Waals surface area contributed by atoms with E-state index in [9.17, 15) is 4.79 Å². The highest BCUT2D eigenvalue weighted by atomic mass is 16.7. The highest BCUT2D eigenvalue weighted by Crippen LogP contribution is 2.35. The highest BCUT2D eigenvalue weighted by Gasteiger charge is 2.26. The molecule has 1 aromatic heterocycles. The van der Waals surface area contributed by atoms with Gasteiger partial charge in [-0.1, -0.05) is 18.2 Å². The largest absolute Gasteiger partial charge is 0.454 e. The lowest BCUT2D eigenvalue weighted by Crippen LogP contribution is -2.49. The van der Waals surface area contributed by atoms with Crippen molar-refractivity contribution in [2.75, 3.05) is 37.9 Å². The van der Waals surface area contributed by atoms with Crippen molar-refractivity contribution in [1.82, 2.24) is 14.7 Å². The summed E-state index contributed by atoms with van der Waals surface area (Å²) in [5, 5.41) is 4.53. The summed E-state index contributed by atoms with van der Waals surface area (Å²) in [6.07, 6.45) is 0. The van der Waals surface area contributed by atoms with Crippen molar-refractivity contribution in [3.8, 4) is 17.2 Å². The Bertz CT molecular complexity index is 1040. The molecule has 0 N–H and O–H groups in total. The van der Waals surface area contributed by atoms with Gasteiger partial charge in [-0.05, 0) is 37.3 Å². The summed E-state index contributed by atoms with van der Waals surface area (Å²) >= 11 is 0. The van der Waals surface area contributed by atoms with E-state index in [1.165, 1.54) is 0 Å². The van der Waals surface area contributed by atoms with Crippen LogP contribution in [0.2, 0.25) is 0 Å². The first-order valence-electron chi connectivity index (χ1n) is 9.75. The number of hydrogen-bond acceptors (Lipinski definition) is 5. The second-order valence-corrected chi connectivity index (χ2v) is 7.24. The molecular weight excluding hydrogens is 368 g/mol. The topological polar surface area (TPSA) is 59.8 Å². The van der Waals surface area contributed by atoms with E-state index in [4.69, 9.17) is 9.47 Å². The molecule has 148 valence electrons. The van der Waals surface area contributed by atoms with Gasteiger partial charge in [0.25, 0.3) is 5.91 Å². The van der Waals surface area contributed by atoms with Gasteiger partial charge in [-0.3, -0.25) is 4.79 Å². The van der Waals surface area contributed by atoms with Crippen LogP contribution in [-0.2, 0) is 0 Å². The Morgan fingerprint density at radius 1 is 0.897 bits per heavy atom. The van der Waals surface area contributed by atoms with Gasteiger partial charge in [0, 0.05) is 37.9 Å². The summed E-state index contributed by atoms with van der Waals surface area (Å²) in [6.45, 7) is 5.04. The average molecular weight is 390 g/mol. The molecule has 0 bridgehead atoms. The van der Waals surface area contributed by atoms with Crippen LogP contribution in [0.5, 0.6) is 11.5 Å². The fourth-order valence-electron chi connectivity index (χ4n) is 3.83. The van der Waals surface area contributed by atoms with Crippen molar-refractivity contribution < 1.29 is 14.3 Å². The molecule has 3 heterocycles. The normalized spacial score (nSPS) is 15.6. The van der Waals surface area contributed by atoms with Crippen LogP contribution in [0.25, 0.3) is 5.69 Å². The lowest BCUT2D eigenvalue weighted by atomic mass is 10.2. The fraction of sp³-hybridized carbons (Fsp3) is 0.273. The van der Waals surface area contributed by atoms with Gasteiger partial charge in [0.15, 0.2) is 11.5 Å². The number of carbonyl (C=O) groups is 1. The third-order valence-corrected chi connectivity index (χ3v) is 5.34. The first-order valence-corrected chi connectivity index (χ1v) is 9.75. The Balaban J connectivity index is 1.31. The molecule has 0 radical (unpaired) electrons. The van der Waals surface area contributed by atoms with Gasteiger partial charge in [0.05, 0.1) is 11.4 Å². The minimum absolute atomic E-state index is 0.0137. The zero-order valence-corrected chi connectivity index (χ0v) is 16.2. The van der Waals surface area contributed by atoms with Gasteiger partial charge in [-0.15, -0.1) is 0 Å². The SMILES string of the molecule is Cc1cc(C(=O)N2CCN(c3ccc4c(c3)OCO4)CC2)n(-c2ccccc2)n1. The molecule has 2 aliphatic rings. The summed E-state index contributed by atoms with van der Waals surface area (Å²) in [7, 11) is 0. The summed E-state index contributed by atoms with van der Waals surface area (Å²) in [5.41, 5.74) is 3.41. The molecule has 0 atom stereocenters. The Kier molecular flexibility index (Phi) is 4.35. The van der Waals surface area contributed by atoms with Crippen LogP contribution in [0.3, 0.4) is 0 Å². The van der Waals surface area contributed by atoms with E-state index >= 15 is 0 Å². The molecule has 2 aliphatic heterocycles. The minimum Gasteiger partial charge on any atom is -0.454 e. The second kappa shape index (κ2) is 7.16. The Morgan fingerprint density at radius 2 is 1.66 bits per heavy atom. The van der Waals surface area contributed by atoms with E-state index in [2.05, 4.69) is 10.00 Å². The monoisotopic (exact) mass is 390 g/mol. The number of amides is 1. The smallest absolute Gasteiger partial charge is 0.272 e. The van der Waals surface area contributed by atoms with E-state index in [1.807, 2.05) is 66.4 Å². The van der Waals surface area contributed by atoms with Crippen LogP contribution in [0, 0.1) is 6.92 Å². The van der Waals surface area contributed by atoms with E-state index in [-0.39, 0.29) is 12.7 Å². The Labute approximate surface area is 169 Å². The molecule has 0 unspecified atom stereocenters. The van der Waals surface area contributed by atoms with Gasteiger partial charge in [0.1, 0.15) is 5.69 Å². The van der Waals surface area contributed by atoms with Crippen molar-refractivity contribution in [1.29, 1.82) is 0 Å². The summed E-state index contributed by atoms with van der Waals surface area (Å²) in [4.78, 5) is 17.4. The van der Waals surface area contributed by atoms with Crippen molar-refractivity contribution in [3.63, 3.8) is 0 Å². The van der Waals surface area contributed by atoms with Crippen molar-refractivity contribution in [2.24, 2.45) is 0 Å². The third-order valence-electron chi connectivity index (χ3n) is 5.34. The number of fused-ring (bicyclic) bond motifs is 1. The van der Waals surface area contributed by atoms with E-state index < -0.39 is 0 Å². The molecule has 7 heteroatoms. The quantitative estimate of drug-likeness (QED) is 0.688. The molecule has 0 spiro atoms. The number of aromatic nitrogens is 2. The maximum atomic E-state index is 13.2. The summed E-state index contributed by atoms with van der Waals surface area (Å²) < 4.78 is 12.6. The molecule has 29 heavy (non-hydrogen) atoms. The number of rotatable bonds is 3. The maximum absolute atomic E-state index is 13.2. The predicted molar refractivity (Wildman–Crippen MR) is 109 cm³/mol. The zero-order chi connectivity index (χ0) is 19.8. The molecule has 5 rings (SSSR count). The minimum atomic E-state index is 0.0137. The van der Waals surface area contributed by atoms with Crippen LogP contribution in [0.1, 0.15) is 16.2 Å². The zero-order valence-electron chi connectivity index (χ0n) is 16.2. The number of nitrogens with zero attached hydrogens (tertiary/aromatic N) is 4. The predicted octanol–water partition coefficient (Wildman–Crippen LogP) is 2.87. The average Bonchev–Trinajstić information content (AvgIpc) is 3.40. The molecule has 3 aromatic rings. The highest BCUT2D eigenvalue weighted by molar-refractivity contribution is 5.93. The first kappa shape index (κ1) is 17.6. The van der Waals surface area contributed by atoms with Gasteiger partial charge >= 0.3 is 0 Å². The fourth-order valence-corrected chi connectivity index (χ4v) is 3.83. The molecule has 0 saturated carbocycles. The number of para-hydroxylation sites is 1. The van der Waals surface area contributed by atoms with Gasteiger partial charge in [-0.25, -0.2) is 4.68 Å². The Morgan fingerprint density at radius 3 is 2.45 bits per heavy atom. The second-order valence-electron chi connectivity index (χ2n) is 7.24. The van der Waals surface area contributed by atoms with E-state index in [0.29, 0.717) is 18.8 Å². The number of aryl methyl sites for hydroxylation is 1. The van der Waals surface area contributed by atoms with Crippen LogP contribution in [0.4, 0.5) is 5.69 Å². The lowest BCUT2D eigenvalue weighted by molar-refractivity contribution is 0.0737. The molecule has 0 aliphatic carbocycles. The maximum Gasteiger partial charge on any atom is 0.272 e. The van der Waals surface area contributed by atoms with Gasteiger partial charge in [-0.2, -0.15) is 5.10 Å². The van der Waals surface area contributed by atoms with Gasteiger partial charge < -0.3 is 19.3 Å². The number of hydrogen-bond donors (Lipinski definition) is 0. The molecular formula is C22H22N4O3. The Hall–Kier alpha value is -3.48. The van der Waals surface area contributed by atoms with Crippen LogP contribution >= 0.6 is 0 Å². The van der Waals surface area contributed by atoms with Crippen LogP contribution < -0.4 is 14.4 Å². The summed E-state index contributed by atoms with van der Waals surface area (Å²) in [6, 6.07) is 17.6. The molecule has 1 amide bonds. The van der Waals surface area contributed by atoms with Crippen LogP contribution in [-0.4, -0.2) is 53.6 Å².